The molecular weight excluding hydrogens is 835 g/mol. The maximum absolute atomic E-state index is 14.1. The molecule has 1 aliphatic rings. The van der Waals surface area contributed by atoms with Gasteiger partial charge in [-0.1, -0.05) is 126 Å². The molecule has 0 saturated heterocycles. The van der Waals surface area contributed by atoms with Crippen molar-refractivity contribution in [2.75, 3.05) is 13.1 Å². The van der Waals surface area contributed by atoms with Crippen LogP contribution in [-0.2, 0) is 41.7 Å². The maximum Gasteiger partial charge on any atom is 0.408 e. The monoisotopic (exact) mass is 906 g/mol. The minimum Gasteiger partial charge on any atom is -0.445 e. The van der Waals surface area contributed by atoms with Gasteiger partial charge >= 0.3 is 12.2 Å². The zero-order valence-electron chi connectivity index (χ0n) is 39.2. The predicted molar refractivity (Wildman–Crippen MR) is 252 cm³/mol. The highest BCUT2D eigenvalue weighted by molar-refractivity contribution is 8.14. The molecule has 2 aromatic carbocycles. The van der Waals surface area contributed by atoms with E-state index >= 15 is 0 Å². The van der Waals surface area contributed by atoms with Gasteiger partial charge < -0.3 is 41.4 Å². The summed E-state index contributed by atoms with van der Waals surface area (Å²) in [5, 5.41) is 17.9. The van der Waals surface area contributed by atoms with Crippen LogP contribution in [0.5, 0.6) is 0 Å². The Labute approximate surface area is 383 Å². The Morgan fingerprint density at radius 1 is 0.781 bits per heavy atom. The molecule has 3 rings (SSSR count). The van der Waals surface area contributed by atoms with E-state index in [1.165, 1.54) is 11.8 Å². The average molecular weight is 906 g/mol. The lowest BCUT2D eigenvalue weighted by Crippen LogP contribution is -2.58. The Morgan fingerprint density at radius 2 is 1.41 bits per heavy atom. The molecule has 2 aromatic rings. The fraction of sp³-hybridized carbons (Fsp3) is 0.562. The van der Waals surface area contributed by atoms with Gasteiger partial charge in [-0.2, -0.15) is 0 Å². The number of ether oxygens (including phenoxy) is 2. The molecule has 16 heteroatoms. The van der Waals surface area contributed by atoms with Crippen molar-refractivity contribution in [1.82, 2.24) is 31.9 Å². The minimum absolute atomic E-state index is 0.0389. The summed E-state index contributed by atoms with van der Waals surface area (Å²) in [5.74, 6) is -3.09. The number of carbonyl (C=O) groups excluding carboxylic acids is 6. The highest BCUT2D eigenvalue weighted by Gasteiger charge is 2.33. The quantitative estimate of drug-likeness (QED) is 0.0592. The molecule has 6 N–H and O–H groups in total. The third-order valence-electron chi connectivity index (χ3n) is 10.2. The lowest BCUT2D eigenvalue weighted by molar-refractivity contribution is -0.134. The molecule has 6 atom stereocenters. The van der Waals surface area contributed by atoms with Gasteiger partial charge in [0.25, 0.3) is 0 Å². The van der Waals surface area contributed by atoms with Crippen molar-refractivity contribution in [3.05, 3.63) is 83.4 Å². The van der Waals surface area contributed by atoms with E-state index < -0.39 is 71.5 Å². The molecule has 0 saturated carbocycles. The fourth-order valence-electron chi connectivity index (χ4n) is 6.70. The van der Waals surface area contributed by atoms with Gasteiger partial charge in [0.1, 0.15) is 30.3 Å². The number of aliphatic imine (C=N–C) groups is 1. The van der Waals surface area contributed by atoms with Crippen LogP contribution in [-0.4, -0.2) is 89.1 Å². The van der Waals surface area contributed by atoms with Crippen molar-refractivity contribution >= 4 is 52.7 Å². The van der Waals surface area contributed by atoms with Gasteiger partial charge in [-0.3, -0.25) is 24.2 Å². The van der Waals surface area contributed by atoms with Crippen LogP contribution in [0, 0.1) is 17.8 Å². The Hall–Kier alpha value is -5.38. The number of alkyl carbamates (subject to hydrolysis) is 2. The molecule has 0 spiro atoms. The van der Waals surface area contributed by atoms with Crippen LogP contribution in [0.1, 0.15) is 106 Å². The SMILES string of the molecule is C/C(=C\[C@@H](C)C(=O)N[C@H](C(=O)N[C@@H](CCCNC(=O)OCc1ccccc1)C(=O)N[C@@H](CC(C)C)C(=O)NC1=NCCC(C)S1)C(C)C)[C@@H](Cc1ccccc1)NC(=O)OC(C)(C)C. The first-order valence-electron chi connectivity index (χ1n) is 22.3. The first kappa shape index (κ1) is 53.0. The van der Waals surface area contributed by atoms with E-state index in [2.05, 4.69) is 43.8 Å². The van der Waals surface area contributed by atoms with E-state index in [9.17, 15) is 28.8 Å². The highest BCUT2D eigenvalue weighted by Crippen LogP contribution is 2.20. The van der Waals surface area contributed by atoms with Crippen molar-refractivity contribution in [2.24, 2.45) is 22.7 Å². The number of thioether (sulfide) groups is 1. The van der Waals surface area contributed by atoms with E-state index in [0.717, 1.165) is 23.1 Å². The molecule has 0 bridgehead atoms. The number of amidine groups is 1. The molecule has 0 radical (unpaired) electrons. The predicted octanol–water partition coefficient (Wildman–Crippen LogP) is 6.57. The third kappa shape index (κ3) is 20.0. The summed E-state index contributed by atoms with van der Waals surface area (Å²) in [6.07, 6.45) is 2.58. The Bertz CT molecular complexity index is 1900. The van der Waals surface area contributed by atoms with Crippen molar-refractivity contribution in [3.8, 4) is 0 Å². The molecule has 0 fully saturated rings. The van der Waals surface area contributed by atoms with Gasteiger partial charge in [-0.15, -0.1) is 0 Å². The van der Waals surface area contributed by atoms with E-state index in [4.69, 9.17) is 9.47 Å². The van der Waals surface area contributed by atoms with Gasteiger partial charge in [-0.25, -0.2) is 9.59 Å². The lowest BCUT2D eigenvalue weighted by atomic mass is 9.96. The number of nitrogens with zero attached hydrogens (tertiary/aromatic N) is 1. The Morgan fingerprint density at radius 3 is 2.00 bits per heavy atom. The largest absolute Gasteiger partial charge is 0.445 e. The Balaban J connectivity index is 1.78. The second-order valence-corrected chi connectivity index (χ2v) is 19.5. The van der Waals surface area contributed by atoms with Crippen molar-refractivity contribution in [3.63, 3.8) is 0 Å². The molecule has 1 heterocycles. The molecule has 0 aromatic heterocycles. The van der Waals surface area contributed by atoms with Crippen LogP contribution < -0.4 is 31.9 Å². The number of nitrogens with one attached hydrogen (secondary N) is 6. The van der Waals surface area contributed by atoms with E-state index in [1.807, 2.05) is 81.4 Å². The van der Waals surface area contributed by atoms with Gasteiger partial charge in [-0.05, 0) is 82.8 Å². The summed E-state index contributed by atoms with van der Waals surface area (Å²) in [5.41, 5.74) is 1.82. The van der Waals surface area contributed by atoms with E-state index in [-0.39, 0.29) is 43.1 Å². The van der Waals surface area contributed by atoms with Gasteiger partial charge in [0.2, 0.25) is 23.6 Å². The lowest BCUT2D eigenvalue weighted by Gasteiger charge is -2.28. The number of hydrogen-bond acceptors (Lipinski definition) is 10. The van der Waals surface area contributed by atoms with Crippen LogP contribution in [0.3, 0.4) is 0 Å². The molecule has 6 amide bonds. The van der Waals surface area contributed by atoms with E-state index in [1.54, 1.807) is 47.6 Å². The van der Waals surface area contributed by atoms with Crippen LogP contribution in [0.4, 0.5) is 9.59 Å². The fourth-order valence-corrected chi connectivity index (χ4v) is 7.63. The third-order valence-corrected chi connectivity index (χ3v) is 11.2. The first-order chi connectivity index (χ1) is 30.2. The Kier molecular flexibility index (Phi) is 21.9. The summed E-state index contributed by atoms with van der Waals surface area (Å²) in [6.45, 7) is 19.2. The summed E-state index contributed by atoms with van der Waals surface area (Å²) < 4.78 is 10.9. The molecular formula is C48H71N7O8S. The number of amides is 6. The topological polar surface area (TPSA) is 205 Å². The normalized spacial score (nSPS) is 16.5. The van der Waals surface area contributed by atoms with Crippen LogP contribution >= 0.6 is 11.8 Å². The van der Waals surface area contributed by atoms with Crippen molar-refractivity contribution in [2.45, 2.75) is 143 Å². The molecule has 1 unspecified atom stereocenters. The maximum atomic E-state index is 14.1. The summed E-state index contributed by atoms with van der Waals surface area (Å²) in [4.78, 5) is 85.4. The molecule has 1 aliphatic heterocycles. The number of rotatable bonds is 21. The zero-order chi connectivity index (χ0) is 47.4. The van der Waals surface area contributed by atoms with Crippen LogP contribution in [0.15, 0.2) is 77.3 Å². The van der Waals surface area contributed by atoms with Crippen molar-refractivity contribution < 1.29 is 38.2 Å². The van der Waals surface area contributed by atoms with Crippen molar-refractivity contribution in [1.29, 1.82) is 0 Å². The molecule has 15 nitrogen and oxygen atoms in total. The van der Waals surface area contributed by atoms with Crippen LogP contribution in [0.2, 0.25) is 0 Å². The summed E-state index contributed by atoms with van der Waals surface area (Å²) in [6, 6.07) is 15.3. The molecule has 352 valence electrons. The van der Waals surface area contributed by atoms with Gasteiger partial charge in [0, 0.05) is 18.3 Å². The zero-order valence-corrected chi connectivity index (χ0v) is 40.1. The number of carbonyl (C=O) groups is 6. The second-order valence-electron chi connectivity index (χ2n) is 18.1. The van der Waals surface area contributed by atoms with Gasteiger partial charge in [0.05, 0.1) is 12.0 Å². The number of hydrogen-bond donors (Lipinski definition) is 6. The molecule has 0 aliphatic carbocycles. The smallest absolute Gasteiger partial charge is 0.408 e. The highest BCUT2D eigenvalue weighted by atomic mass is 32.2. The first-order valence-corrected chi connectivity index (χ1v) is 23.2. The van der Waals surface area contributed by atoms with Gasteiger partial charge in [0.15, 0.2) is 5.17 Å². The van der Waals surface area contributed by atoms with Crippen LogP contribution in [0.25, 0.3) is 0 Å². The average Bonchev–Trinajstić information content (AvgIpc) is 3.22. The minimum atomic E-state index is -1.13. The number of benzene rings is 2. The summed E-state index contributed by atoms with van der Waals surface area (Å²) >= 11 is 1.47. The standard InChI is InChI=1S/C48H71N7O8S/c1-30(2)26-39(43(58)55-45-49-25-23-34(7)64-45)52-42(57)37(22-17-24-50-46(60)62-29-36-20-15-12-16-21-36)51-44(59)40(31(3)4)54-41(56)33(6)27-32(5)38(28-35-18-13-11-14-19-35)53-47(61)63-48(8,9)10/h11-16,18-21,27,30-31,33-34,37-40H,17,22-26,28-29H2,1-10H3,(H,50,60)(H,51,59)(H,52,57)(H,53,61)(H,54,56)(H,49,55,58)/b32-27+/t33-,34?,37+,38-,39+,40+/m1/s1. The van der Waals surface area contributed by atoms with E-state index in [0.29, 0.717) is 24.6 Å². The second kappa shape index (κ2) is 26.4. The molecule has 64 heavy (non-hydrogen) atoms. The summed E-state index contributed by atoms with van der Waals surface area (Å²) in [7, 11) is 0.